The first kappa shape index (κ1) is 25.7. The minimum Gasteiger partial charge on any atom is -0.371 e. The van der Waals surface area contributed by atoms with Gasteiger partial charge in [0.2, 0.25) is 5.89 Å². The zero-order chi connectivity index (χ0) is 25.9. The van der Waals surface area contributed by atoms with Gasteiger partial charge >= 0.3 is 5.51 Å². The standard InChI is InChI=1S/C12H12F3NS.C9H8N6O2.C2H6/c13-12(14,15)17-11-3-1-2-10(5-11)16-6-8-4-9(8)7-16;1-14-4-11-8-7(14)9(16)15(5-12-8)2-6-10-3-13-17-6;1-2/h1-3,5,8-9H,4,6-7H2;3-5H,2H2,1H3;1-2H3/t8-,9+;;. The molecule has 2 aliphatic rings. The molecular formula is C23H26F3N7O2S. The van der Waals surface area contributed by atoms with Gasteiger partial charge < -0.3 is 14.0 Å². The van der Waals surface area contributed by atoms with E-state index in [2.05, 4.69) is 25.0 Å². The molecule has 1 aliphatic heterocycles. The fourth-order valence-electron chi connectivity index (χ4n) is 4.08. The van der Waals surface area contributed by atoms with Crippen molar-refractivity contribution in [1.82, 2.24) is 29.2 Å². The van der Waals surface area contributed by atoms with Gasteiger partial charge in [-0.05, 0) is 48.2 Å². The number of anilines is 1. The van der Waals surface area contributed by atoms with Crippen LogP contribution in [-0.4, -0.2) is 47.8 Å². The molecule has 0 unspecified atom stereocenters. The Hall–Kier alpha value is -3.35. The van der Waals surface area contributed by atoms with Crippen LogP contribution >= 0.6 is 11.8 Å². The lowest BCUT2D eigenvalue weighted by molar-refractivity contribution is -0.0328. The van der Waals surface area contributed by atoms with Gasteiger partial charge in [-0.15, -0.1) is 0 Å². The number of aromatic nitrogens is 6. The second-order valence-electron chi connectivity index (χ2n) is 8.25. The molecule has 36 heavy (non-hydrogen) atoms. The van der Waals surface area contributed by atoms with Crippen LogP contribution in [0.4, 0.5) is 18.9 Å². The van der Waals surface area contributed by atoms with Crippen LogP contribution in [-0.2, 0) is 13.6 Å². The molecule has 1 saturated heterocycles. The lowest BCUT2D eigenvalue weighted by Gasteiger charge is -2.20. The van der Waals surface area contributed by atoms with E-state index in [9.17, 15) is 18.0 Å². The lowest BCUT2D eigenvalue weighted by Crippen LogP contribution is -2.22. The molecule has 13 heteroatoms. The zero-order valence-corrected chi connectivity index (χ0v) is 20.8. The average Bonchev–Trinajstić information content (AvgIpc) is 3.22. The molecule has 1 aromatic carbocycles. The van der Waals surface area contributed by atoms with Crippen LogP contribution in [0.5, 0.6) is 0 Å². The van der Waals surface area contributed by atoms with E-state index in [1.54, 1.807) is 30.1 Å². The van der Waals surface area contributed by atoms with Crippen molar-refractivity contribution < 1.29 is 17.7 Å². The van der Waals surface area contributed by atoms with Crippen molar-refractivity contribution >= 4 is 28.6 Å². The van der Waals surface area contributed by atoms with Crippen LogP contribution in [0.2, 0.25) is 0 Å². The molecule has 4 heterocycles. The van der Waals surface area contributed by atoms with E-state index in [-0.39, 0.29) is 28.8 Å². The predicted octanol–water partition coefficient (Wildman–Crippen LogP) is 4.34. The summed E-state index contributed by atoms with van der Waals surface area (Å²) >= 11 is -0.0410. The lowest BCUT2D eigenvalue weighted by atomic mass is 10.3. The van der Waals surface area contributed by atoms with Gasteiger partial charge in [-0.3, -0.25) is 9.36 Å². The van der Waals surface area contributed by atoms with Gasteiger partial charge in [0.15, 0.2) is 17.5 Å². The first-order valence-corrected chi connectivity index (χ1v) is 12.3. The molecule has 1 saturated carbocycles. The molecule has 9 nitrogen and oxygen atoms in total. The van der Waals surface area contributed by atoms with E-state index >= 15 is 0 Å². The molecule has 1 aliphatic carbocycles. The molecule has 2 fully saturated rings. The van der Waals surface area contributed by atoms with Crippen molar-refractivity contribution in [2.75, 3.05) is 18.0 Å². The number of piperidine rings is 1. The number of hydrogen-bond donors (Lipinski definition) is 0. The van der Waals surface area contributed by atoms with Gasteiger partial charge in [0.05, 0.1) is 6.33 Å². The maximum atomic E-state index is 12.3. The highest BCUT2D eigenvalue weighted by Crippen LogP contribution is 2.47. The Kier molecular flexibility index (Phi) is 7.67. The summed E-state index contributed by atoms with van der Waals surface area (Å²) in [5.41, 5.74) is -2.59. The predicted molar refractivity (Wildman–Crippen MR) is 130 cm³/mol. The van der Waals surface area contributed by atoms with Crippen molar-refractivity contribution in [2.24, 2.45) is 18.9 Å². The third kappa shape index (κ3) is 6.07. The number of imidazole rings is 1. The fraction of sp³-hybridized carbons (Fsp3) is 0.435. The second-order valence-corrected chi connectivity index (χ2v) is 9.38. The third-order valence-electron chi connectivity index (χ3n) is 5.81. The maximum Gasteiger partial charge on any atom is 0.446 e. The summed E-state index contributed by atoms with van der Waals surface area (Å²) in [6.45, 7) is 6.21. The number of fused-ring (bicyclic) bond motifs is 2. The SMILES string of the molecule is CC.Cn1cnc2ncn(Cc3ncno3)c(=O)c21.FC(F)(F)Sc1cccc(N2C[C@H]3C[C@H]3C2)c1. The highest BCUT2D eigenvalue weighted by molar-refractivity contribution is 8.00. The number of halogens is 3. The van der Waals surface area contributed by atoms with E-state index in [1.807, 2.05) is 19.9 Å². The molecule has 3 aromatic heterocycles. The zero-order valence-electron chi connectivity index (χ0n) is 20.0. The van der Waals surface area contributed by atoms with Crippen LogP contribution < -0.4 is 10.5 Å². The Morgan fingerprint density at radius 2 is 1.83 bits per heavy atom. The number of benzene rings is 1. The number of alkyl halides is 3. The monoisotopic (exact) mass is 521 g/mol. The Bertz CT molecular complexity index is 1340. The number of thioether (sulfide) groups is 1. The summed E-state index contributed by atoms with van der Waals surface area (Å²) in [6.07, 6.45) is 5.56. The topological polar surface area (TPSA) is 94.9 Å². The molecule has 192 valence electrons. The Morgan fingerprint density at radius 1 is 1.11 bits per heavy atom. The Morgan fingerprint density at radius 3 is 2.50 bits per heavy atom. The maximum absolute atomic E-state index is 12.3. The minimum atomic E-state index is -4.20. The Labute approximate surface area is 209 Å². The summed E-state index contributed by atoms with van der Waals surface area (Å²) in [5, 5.41) is 3.48. The fourth-order valence-corrected chi connectivity index (χ4v) is 4.68. The Balaban J connectivity index is 0.000000158. The molecule has 0 bridgehead atoms. The summed E-state index contributed by atoms with van der Waals surface area (Å²) in [4.78, 5) is 26.5. The van der Waals surface area contributed by atoms with Crippen LogP contribution in [0, 0.1) is 11.8 Å². The largest absolute Gasteiger partial charge is 0.446 e. The molecule has 6 rings (SSSR count). The van der Waals surface area contributed by atoms with Crippen molar-refractivity contribution in [3.63, 3.8) is 0 Å². The number of rotatable bonds is 4. The van der Waals surface area contributed by atoms with Crippen LogP contribution in [0.25, 0.3) is 11.2 Å². The number of aryl methyl sites for hydroxylation is 1. The third-order valence-corrected chi connectivity index (χ3v) is 6.53. The second kappa shape index (κ2) is 10.7. The van der Waals surface area contributed by atoms with Gasteiger partial charge in [0.25, 0.3) is 5.56 Å². The van der Waals surface area contributed by atoms with Crippen molar-refractivity contribution in [1.29, 1.82) is 0 Å². The molecular weight excluding hydrogens is 495 g/mol. The number of hydrogen-bond acceptors (Lipinski definition) is 8. The highest BCUT2D eigenvalue weighted by Gasteiger charge is 2.45. The first-order valence-electron chi connectivity index (χ1n) is 11.5. The van der Waals surface area contributed by atoms with Gasteiger partial charge in [-0.1, -0.05) is 25.1 Å². The van der Waals surface area contributed by atoms with E-state index in [1.165, 1.54) is 29.7 Å². The molecule has 2 atom stereocenters. The summed E-state index contributed by atoms with van der Waals surface area (Å²) in [5.74, 6) is 1.93. The molecule has 0 spiro atoms. The normalized spacial score (nSPS) is 18.2. The van der Waals surface area contributed by atoms with Crippen molar-refractivity contribution in [3.05, 3.63) is 59.5 Å². The van der Waals surface area contributed by atoms with Gasteiger partial charge in [-0.2, -0.15) is 18.2 Å². The van der Waals surface area contributed by atoms with Gasteiger partial charge in [0.1, 0.15) is 12.9 Å². The van der Waals surface area contributed by atoms with Gasteiger partial charge in [-0.25, -0.2) is 9.97 Å². The minimum absolute atomic E-state index is 0.0410. The molecule has 0 amide bonds. The summed E-state index contributed by atoms with van der Waals surface area (Å²) in [7, 11) is 1.75. The van der Waals surface area contributed by atoms with E-state index < -0.39 is 5.51 Å². The summed E-state index contributed by atoms with van der Waals surface area (Å²) in [6, 6.07) is 6.75. The summed E-state index contributed by atoms with van der Waals surface area (Å²) < 4.78 is 44.7. The smallest absolute Gasteiger partial charge is 0.371 e. The molecule has 0 N–H and O–H groups in total. The quantitative estimate of drug-likeness (QED) is 0.366. The van der Waals surface area contributed by atoms with Crippen LogP contribution in [0.15, 0.2) is 57.5 Å². The number of nitrogens with zero attached hydrogens (tertiary/aromatic N) is 7. The van der Waals surface area contributed by atoms with E-state index in [4.69, 9.17) is 4.52 Å². The van der Waals surface area contributed by atoms with Crippen LogP contribution in [0.3, 0.4) is 0 Å². The average molecular weight is 522 g/mol. The van der Waals surface area contributed by atoms with Gasteiger partial charge in [0, 0.05) is 30.7 Å². The van der Waals surface area contributed by atoms with E-state index in [0.717, 1.165) is 30.6 Å². The van der Waals surface area contributed by atoms with Crippen molar-refractivity contribution in [3.8, 4) is 0 Å². The first-order chi connectivity index (χ1) is 17.3. The van der Waals surface area contributed by atoms with Crippen molar-refractivity contribution in [2.45, 2.75) is 37.2 Å². The van der Waals surface area contributed by atoms with Crippen LogP contribution in [0.1, 0.15) is 26.2 Å². The van der Waals surface area contributed by atoms with E-state index in [0.29, 0.717) is 17.1 Å². The molecule has 0 radical (unpaired) electrons. The molecule has 4 aromatic rings. The highest BCUT2D eigenvalue weighted by atomic mass is 32.2.